The fraction of sp³-hybridized carbons (Fsp3) is 0.0588. The predicted molar refractivity (Wildman–Crippen MR) is 84.3 cm³/mol. The number of fused-ring (bicyclic) bond motifs is 1. The summed E-state index contributed by atoms with van der Waals surface area (Å²) in [4.78, 5) is 12.3. The van der Waals surface area contributed by atoms with Crippen LogP contribution in [0.2, 0.25) is 0 Å². The Labute approximate surface area is 127 Å². The van der Waals surface area contributed by atoms with Crippen LogP contribution in [0.3, 0.4) is 0 Å². The van der Waals surface area contributed by atoms with Gasteiger partial charge in [0.15, 0.2) is 0 Å². The smallest absolute Gasteiger partial charge is 0.275 e. The summed E-state index contributed by atoms with van der Waals surface area (Å²) in [5.74, 6) is 0.723. The lowest BCUT2D eigenvalue weighted by atomic mass is 10.1. The number of carbonyl (C=O) groups excluding carboxylic acids is 1. The van der Waals surface area contributed by atoms with E-state index < -0.39 is 0 Å². The second kappa shape index (κ2) is 6.13. The number of furan rings is 1. The second-order valence-corrected chi connectivity index (χ2v) is 4.61. The summed E-state index contributed by atoms with van der Waals surface area (Å²) in [6, 6.07) is 14.9. The lowest BCUT2D eigenvalue weighted by Gasteiger charge is -2.09. The number of hydrogen-bond acceptors (Lipinski definition) is 4. The largest absolute Gasteiger partial charge is 0.496 e. The molecule has 1 aromatic heterocycles. The zero-order chi connectivity index (χ0) is 15.4. The average molecular weight is 294 g/mol. The predicted octanol–water partition coefficient (Wildman–Crippen LogP) is 3.21. The molecule has 5 nitrogen and oxygen atoms in total. The highest BCUT2D eigenvalue weighted by molar-refractivity contribution is 6.01. The van der Waals surface area contributed by atoms with Crippen molar-refractivity contribution in [1.29, 1.82) is 0 Å². The molecule has 1 N–H and O–H groups in total. The number of benzene rings is 2. The van der Waals surface area contributed by atoms with E-state index >= 15 is 0 Å². The Kier molecular flexibility index (Phi) is 3.87. The van der Waals surface area contributed by atoms with E-state index in [2.05, 4.69) is 10.5 Å². The van der Waals surface area contributed by atoms with Gasteiger partial charge in [0.1, 0.15) is 11.5 Å². The maximum absolute atomic E-state index is 12.3. The molecule has 0 fully saturated rings. The van der Waals surface area contributed by atoms with E-state index in [-0.39, 0.29) is 5.91 Å². The van der Waals surface area contributed by atoms with Gasteiger partial charge in [-0.3, -0.25) is 4.79 Å². The van der Waals surface area contributed by atoms with E-state index in [1.54, 1.807) is 18.2 Å². The molecule has 1 heterocycles. The molecule has 0 spiro atoms. The number of hydrazone groups is 1. The van der Waals surface area contributed by atoms with Gasteiger partial charge >= 0.3 is 0 Å². The number of ether oxygens (including phenoxy) is 1. The van der Waals surface area contributed by atoms with Crippen LogP contribution in [0.5, 0.6) is 5.75 Å². The lowest BCUT2D eigenvalue weighted by Crippen LogP contribution is -2.18. The van der Waals surface area contributed by atoms with Crippen molar-refractivity contribution in [2.75, 3.05) is 7.11 Å². The average Bonchev–Trinajstić information content (AvgIpc) is 3.06. The third kappa shape index (κ3) is 2.83. The van der Waals surface area contributed by atoms with E-state index in [9.17, 15) is 4.79 Å². The summed E-state index contributed by atoms with van der Waals surface area (Å²) in [6.07, 6.45) is 2.97. The first-order chi connectivity index (χ1) is 10.8. The van der Waals surface area contributed by atoms with E-state index in [0.29, 0.717) is 17.1 Å². The molecule has 0 unspecified atom stereocenters. The van der Waals surface area contributed by atoms with Crippen LogP contribution in [0.1, 0.15) is 16.1 Å². The van der Waals surface area contributed by atoms with Gasteiger partial charge in [-0.25, -0.2) is 5.43 Å². The van der Waals surface area contributed by atoms with Crippen LogP contribution in [-0.2, 0) is 0 Å². The zero-order valence-corrected chi connectivity index (χ0v) is 11.9. The van der Waals surface area contributed by atoms with Gasteiger partial charge in [-0.15, -0.1) is 0 Å². The van der Waals surface area contributed by atoms with Crippen LogP contribution in [0, 0.1) is 0 Å². The van der Waals surface area contributed by atoms with Crippen molar-refractivity contribution >= 4 is 22.9 Å². The molecule has 0 saturated heterocycles. The normalized spacial score (nSPS) is 11.0. The third-order valence-electron chi connectivity index (χ3n) is 3.21. The SMILES string of the molecule is COc1cc2ccccc2cc1C(=O)NN=Cc1ccco1. The van der Waals surface area contributed by atoms with E-state index in [0.717, 1.165) is 10.8 Å². The first-order valence-electron chi connectivity index (χ1n) is 6.71. The topological polar surface area (TPSA) is 63.8 Å². The molecular formula is C17H14N2O3. The number of rotatable bonds is 4. The van der Waals surface area contributed by atoms with Crippen LogP contribution >= 0.6 is 0 Å². The van der Waals surface area contributed by atoms with Crippen molar-refractivity contribution in [2.45, 2.75) is 0 Å². The van der Waals surface area contributed by atoms with Crippen molar-refractivity contribution in [3.05, 3.63) is 66.1 Å². The van der Waals surface area contributed by atoms with Crippen molar-refractivity contribution in [2.24, 2.45) is 5.10 Å². The van der Waals surface area contributed by atoms with Crippen LogP contribution < -0.4 is 10.2 Å². The molecule has 3 rings (SSSR count). The van der Waals surface area contributed by atoms with E-state index in [1.807, 2.05) is 30.3 Å². The molecule has 0 aliphatic heterocycles. The Hall–Kier alpha value is -3.08. The maximum Gasteiger partial charge on any atom is 0.275 e. The van der Waals surface area contributed by atoms with E-state index in [4.69, 9.17) is 9.15 Å². The molecule has 1 amide bonds. The standard InChI is InChI=1S/C17H14N2O3/c1-21-16-10-13-6-3-2-5-12(13)9-15(16)17(20)19-18-11-14-7-4-8-22-14/h2-11H,1H3,(H,19,20). The van der Waals surface area contributed by atoms with E-state index in [1.165, 1.54) is 19.6 Å². The number of hydrogen-bond donors (Lipinski definition) is 1. The second-order valence-electron chi connectivity index (χ2n) is 4.61. The highest BCUT2D eigenvalue weighted by atomic mass is 16.5. The molecule has 5 heteroatoms. The van der Waals surface area contributed by atoms with Crippen molar-refractivity contribution in [3.8, 4) is 5.75 Å². The monoisotopic (exact) mass is 294 g/mol. The lowest BCUT2D eigenvalue weighted by molar-refractivity contribution is 0.0952. The Balaban J connectivity index is 1.86. The van der Waals surface area contributed by atoms with Gasteiger partial charge in [-0.2, -0.15) is 5.10 Å². The fourth-order valence-corrected chi connectivity index (χ4v) is 2.15. The summed E-state index contributed by atoms with van der Waals surface area (Å²) in [5, 5.41) is 5.84. The summed E-state index contributed by atoms with van der Waals surface area (Å²) in [7, 11) is 1.53. The van der Waals surface area contributed by atoms with Gasteiger partial charge in [0.2, 0.25) is 0 Å². The minimum absolute atomic E-state index is 0.342. The molecule has 0 atom stereocenters. The Morgan fingerprint density at radius 3 is 2.64 bits per heavy atom. The Morgan fingerprint density at radius 2 is 1.95 bits per heavy atom. The van der Waals surface area contributed by atoms with Gasteiger partial charge in [-0.1, -0.05) is 24.3 Å². The molecule has 3 aromatic rings. The first-order valence-corrected chi connectivity index (χ1v) is 6.71. The van der Waals surface area contributed by atoms with Crippen LogP contribution in [0.4, 0.5) is 0 Å². The molecule has 110 valence electrons. The number of nitrogens with one attached hydrogen (secondary N) is 1. The van der Waals surface area contributed by atoms with Crippen LogP contribution in [-0.4, -0.2) is 19.2 Å². The fourth-order valence-electron chi connectivity index (χ4n) is 2.15. The minimum atomic E-state index is -0.342. The zero-order valence-electron chi connectivity index (χ0n) is 11.9. The Bertz CT molecular complexity index is 823. The molecule has 0 bridgehead atoms. The van der Waals surface area contributed by atoms with Crippen LogP contribution in [0.15, 0.2) is 64.3 Å². The summed E-state index contributed by atoms with van der Waals surface area (Å²) in [5.41, 5.74) is 2.90. The molecular weight excluding hydrogens is 280 g/mol. The highest BCUT2D eigenvalue weighted by Gasteiger charge is 2.13. The summed E-state index contributed by atoms with van der Waals surface area (Å²) < 4.78 is 10.4. The minimum Gasteiger partial charge on any atom is -0.496 e. The highest BCUT2D eigenvalue weighted by Crippen LogP contribution is 2.25. The molecule has 0 saturated carbocycles. The molecule has 22 heavy (non-hydrogen) atoms. The first kappa shape index (κ1) is 13.9. The summed E-state index contributed by atoms with van der Waals surface area (Å²) in [6.45, 7) is 0. The van der Waals surface area contributed by atoms with Crippen molar-refractivity contribution in [3.63, 3.8) is 0 Å². The third-order valence-corrected chi connectivity index (χ3v) is 3.21. The van der Waals surface area contributed by atoms with Crippen LogP contribution in [0.25, 0.3) is 10.8 Å². The Morgan fingerprint density at radius 1 is 1.18 bits per heavy atom. The van der Waals surface area contributed by atoms with Gasteiger partial charge in [-0.05, 0) is 35.0 Å². The molecule has 0 radical (unpaired) electrons. The molecule has 0 aliphatic carbocycles. The number of carbonyl (C=O) groups is 1. The molecule has 2 aromatic carbocycles. The van der Waals surface area contributed by atoms with Crippen molar-refractivity contribution < 1.29 is 13.9 Å². The summed E-state index contributed by atoms with van der Waals surface area (Å²) >= 11 is 0. The number of methoxy groups -OCH3 is 1. The van der Waals surface area contributed by atoms with Crippen molar-refractivity contribution in [1.82, 2.24) is 5.43 Å². The quantitative estimate of drug-likeness (QED) is 0.593. The number of amides is 1. The maximum atomic E-state index is 12.3. The van der Waals surface area contributed by atoms with Gasteiger partial charge < -0.3 is 9.15 Å². The number of nitrogens with zero attached hydrogens (tertiary/aromatic N) is 1. The van der Waals surface area contributed by atoms with Gasteiger partial charge in [0.05, 0.1) is 25.2 Å². The van der Waals surface area contributed by atoms with Gasteiger partial charge in [0.25, 0.3) is 5.91 Å². The van der Waals surface area contributed by atoms with Gasteiger partial charge in [0, 0.05) is 0 Å². The molecule has 0 aliphatic rings.